The molecule has 546 valence electrons. The lowest BCUT2D eigenvalue weighted by Gasteiger charge is -2.21. The lowest BCUT2D eigenvalue weighted by molar-refractivity contribution is -0.132. The van der Waals surface area contributed by atoms with Gasteiger partial charge in [0.05, 0.1) is 25.3 Å². The van der Waals surface area contributed by atoms with Crippen molar-refractivity contribution in [2.75, 3.05) is 78.3 Å². The minimum Gasteiger partial charge on any atom is -0.465 e. The summed E-state index contributed by atoms with van der Waals surface area (Å²) in [7, 11) is 14.6. The van der Waals surface area contributed by atoms with E-state index in [0.29, 0.717) is 33.8 Å². The molecule has 0 radical (unpaired) electrons. The smallest absolute Gasteiger partial charge is 0.337 e. The Morgan fingerprint density at radius 2 is 0.558 bits per heavy atom. The third-order valence-electron chi connectivity index (χ3n) is 16.0. The van der Waals surface area contributed by atoms with Crippen LogP contribution in [0.4, 0.5) is 17.1 Å². The van der Waals surface area contributed by atoms with E-state index in [0.717, 1.165) is 50.4 Å². The van der Waals surface area contributed by atoms with Gasteiger partial charge in [-0.3, -0.25) is 33.6 Å². The van der Waals surface area contributed by atoms with Gasteiger partial charge in [-0.1, -0.05) is 91.0 Å². The first kappa shape index (κ1) is 84.6. The molecule has 0 aliphatic rings. The molecule has 0 aromatic heterocycles. The van der Waals surface area contributed by atoms with Gasteiger partial charge in [0, 0.05) is 118 Å². The molecular weight excluding hydrogens is 1310 g/mol. The van der Waals surface area contributed by atoms with Crippen molar-refractivity contribution >= 4 is 70.5 Å². The molecule has 0 saturated heterocycles. The molecule has 0 atom stereocenters. The fourth-order valence-corrected chi connectivity index (χ4v) is 10.5. The maximum Gasteiger partial charge on any atom is 0.337 e. The Morgan fingerprint density at radius 1 is 0.288 bits per heavy atom. The average Bonchev–Trinajstić information content (AvgIpc) is 0.831. The molecule has 18 heteroatoms. The van der Waals surface area contributed by atoms with Crippen molar-refractivity contribution < 1.29 is 62.1 Å². The van der Waals surface area contributed by atoms with E-state index in [1.54, 1.807) is 120 Å². The summed E-state index contributed by atoms with van der Waals surface area (Å²) in [6, 6.07) is 59.0. The number of carbonyl (C=O) groups is 9. The molecule has 9 aromatic carbocycles. The van der Waals surface area contributed by atoms with Gasteiger partial charge < -0.3 is 43.4 Å². The molecule has 5 amide bonds. The molecule has 104 heavy (non-hydrogen) atoms. The molecule has 18 nitrogen and oxygen atoms in total. The minimum atomic E-state index is -0.469. The molecule has 0 N–H and O–H groups in total. The lowest BCUT2D eigenvalue weighted by atomic mass is 9.93. The predicted octanol–water partition coefficient (Wildman–Crippen LogP) is 16.7. The van der Waals surface area contributed by atoms with Gasteiger partial charge in [0.2, 0.25) is 17.7 Å². The van der Waals surface area contributed by atoms with Crippen LogP contribution in [0.15, 0.2) is 182 Å². The summed E-state index contributed by atoms with van der Waals surface area (Å²) >= 11 is 0. The van der Waals surface area contributed by atoms with E-state index in [1.165, 1.54) is 114 Å². The summed E-state index contributed by atoms with van der Waals surface area (Å²) < 4.78 is 18.9. The molecule has 0 aliphatic carbocycles. The van der Waals surface area contributed by atoms with Crippen molar-refractivity contribution in [1.82, 2.24) is 9.80 Å². The van der Waals surface area contributed by atoms with Crippen LogP contribution in [0.5, 0.6) is 11.5 Å². The summed E-state index contributed by atoms with van der Waals surface area (Å²) in [6.07, 6.45) is 0. The maximum atomic E-state index is 11.8. The van der Waals surface area contributed by atoms with Crippen LogP contribution in [0, 0.1) is 62.3 Å². The summed E-state index contributed by atoms with van der Waals surface area (Å²) in [5.74, 6) is -1.22. The van der Waals surface area contributed by atoms with E-state index in [9.17, 15) is 43.2 Å². The zero-order valence-electron chi connectivity index (χ0n) is 64.4. The predicted molar refractivity (Wildman–Crippen MR) is 416 cm³/mol. The van der Waals surface area contributed by atoms with Gasteiger partial charge in [0.25, 0.3) is 11.8 Å². The minimum absolute atomic E-state index is 0.0352. The summed E-state index contributed by atoms with van der Waals surface area (Å²) in [6.45, 7) is 25.3. The summed E-state index contributed by atoms with van der Waals surface area (Å²) in [5, 5.41) is 0. The average molecular weight is 1410 g/mol. The fourth-order valence-electron chi connectivity index (χ4n) is 10.5. The van der Waals surface area contributed by atoms with Crippen molar-refractivity contribution in [3.63, 3.8) is 0 Å². The monoisotopic (exact) mass is 1410 g/mol. The summed E-state index contributed by atoms with van der Waals surface area (Å²) in [5.41, 5.74) is 21.8. The zero-order chi connectivity index (χ0) is 78.0. The van der Waals surface area contributed by atoms with Gasteiger partial charge in [0.1, 0.15) is 11.5 Å². The molecular formula is C86H99N5O13. The second-order valence-electron chi connectivity index (χ2n) is 25.6. The number of nitrogens with zero attached hydrogens (tertiary/aromatic N) is 5. The summed E-state index contributed by atoms with van der Waals surface area (Å²) in [4.78, 5) is 110. The number of amides is 5. The van der Waals surface area contributed by atoms with Crippen molar-refractivity contribution in [3.05, 3.63) is 254 Å². The number of methoxy groups -OCH3 is 2. The second-order valence-corrected chi connectivity index (χ2v) is 25.6. The third kappa shape index (κ3) is 26.3. The van der Waals surface area contributed by atoms with Crippen molar-refractivity contribution in [2.45, 2.75) is 96.9 Å². The molecule has 9 rings (SSSR count). The van der Waals surface area contributed by atoms with Gasteiger partial charge in [0.15, 0.2) is 0 Å². The largest absolute Gasteiger partial charge is 0.465 e. The number of ether oxygens (including phenoxy) is 4. The number of esters is 4. The van der Waals surface area contributed by atoms with Crippen molar-refractivity contribution in [1.29, 1.82) is 0 Å². The Kier molecular flexibility index (Phi) is 32.6. The van der Waals surface area contributed by atoms with E-state index in [1.807, 2.05) is 57.2 Å². The maximum absolute atomic E-state index is 11.8. The molecule has 0 saturated carbocycles. The van der Waals surface area contributed by atoms with Crippen LogP contribution < -0.4 is 24.2 Å². The number of benzene rings is 9. The number of hydrogen-bond acceptors (Lipinski definition) is 13. The molecule has 0 spiro atoms. The molecule has 9 aromatic rings. The van der Waals surface area contributed by atoms with Crippen molar-refractivity contribution in [3.8, 4) is 44.9 Å². The lowest BCUT2D eigenvalue weighted by Crippen LogP contribution is -2.25. The van der Waals surface area contributed by atoms with Crippen LogP contribution >= 0.6 is 0 Å². The Balaban J connectivity index is 0.000000265. The van der Waals surface area contributed by atoms with Crippen LogP contribution in [0.25, 0.3) is 33.4 Å². The molecule has 0 heterocycles. The number of aryl methyl sites for hydroxylation is 9. The first-order chi connectivity index (χ1) is 48.8. The van der Waals surface area contributed by atoms with Crippen LogP contribution in [0.1, 0.15) is 126 Å². The third-order valence-corrected chi connectivity index (χ3v) is 16.0. The fraction of sp³-hybridized carbons (Fsp3) is 0.267. The number of rotatable bonds is 12. The number of anilines is 3. The standard InChI is InChI=1S/C21H20.C17H19NO.2C13H18N2O2.2C11H12O4/c1-15-12-18(20-10-6-4-8-16(20)2)14-19(13-15)21-11-7-5-9-17(21)3;1-12-9-15(17-8-6-5-7-13(17)2)11-16(10-12)18(4)14(3)19;1-9-6-10(12(16)14(2)3)8-11(7-9)13(17)15(4)5;1-9-6-12(14(4)10(2)16)8-13(7-9)15(5)11(3)17;1-7-4-8(10(12)14-2)6-9(5-7)11(13)15-3;1-7-4-10(14-8(2)12)6-11(5-7)15-9(3)13/h4-14H,1-3H3;5-11H,1-4H3;2*6-8H,1-5H3;2*4-6H,1-3H3. The highest BCUT2D eigenvalue weighted by molar-refractivity contribution is 6.00. The van der Waals surface area contributed by atoms with Crippen LogP contribution in [-0.2, 0) is 33.4 Å². The van der Waals surface area contributed by atoms with E-state index in [4.69, 9.17) is 9.47 Å². The van der Waals surface area contributed by atoms with E-state index in [2.05, 4.69) is 135 Å². The first-order valence-corrected chi connectivity index (χ1v) is 33.4. The number of carbonyl (C=O) groups excluding carboxylic acids is 9. The highest BCUT2D eigenvalue weighted by atomic mass is 16.5. The van der Waals surface area contributed by atoms with Crippen LogP contribution in [0.2, 0.25) is 0 Å². The Labute approximate surface area is 613 Å². The topological polar surface area (TPSA) is 207 Å². The van der Waals surface area contributed by atoms with Gasteiger partial charge in [-0.15, -0.1) is 0 Å². The highest BCUT2D eigenvalue weighted by Crippen LogP contribution is 2.33. The molecule has 0 fully saturated rings. The SMILES string of the molecule is CC(=O)N(C)c1cc(C)cc(-c2ccccc2C)c1.CC(=O)N(C)c1cc(C)cc(N(C)C(C)=O)c1.CC(=O)Oc1cc(C)cc(OC(C)=O)c1.COC(=O)c1cc(C)cc(C(=O)OC)c1.Cc1cc(-c2ccccc2C)cc(-c2ccccc2C)c1.Cc1cc(C(=O)N(C)C)cc(C(=O)N(C)C)c1. The quantitative estimate of drug-likeness (QED) is 0.0825. The van der Waals surface area contributed by atoms with Crippen LogP contribution in [-0.4, -0.2) is 127 Å². The highest BCUT2D eigenvalue weighted by Gasteiger charge is 2.17. The Bertz CT molecular complexity index is 4360. The van der Waals surface area contributed by atoms with Gasteiger partial charge in [-0.25, -0.2) is 9.59 Å². The first-order valence-electron chi connectivity index (χ1n) is 33.4. The molecule has 0 bridgehead atoms. The van der Waals surface area contributed by atoms with Crippen molar-refractivity contribution in [2.24, 2.45) is 0 Å². The second kappa shape index (κ2) is 40.0. The molecule has 0 unspecified atom stereocenters. The Hall–Kier alpha value is -11.8. The zero-order valence-corrected chi connectivity index (χ0v) is 64.4. The van der Waals surface area contributed by atoms with Crippen LogP contribution in [0.3, 0.4) is 0 Å². The van der Waals surface area contributed by atoms with E-state index in [-0.39, 0.29) is 29.5 Å². The van der Waals surface area contributed by atoms with Gasteiger partial charge >= 0.3 is 23.9 Å². The van der Waals surface area contributed by atoms with E-state index >= 15 is 0 Å². The normalized spacial score (nSPS) is 10.0. The van der Waals surface area contributed by atoms with E-state index < -0.39 is 23.9 Å². The Morgan fingerprint density at radius 3 is 0.865 bits per heavy atom. The van der Waals surface area contributed by atoms with Gasteiger partial charge in [-0.05, 0) is 231 Å². The molecule has 0 aliphatic heterocycles. The van der Waals surface area contributed by atoms with Gasteiger partial charge in [-0.2, -0.15) is 0 Å². The number of hydrogen-bond donors (Lipinski definition) is 0.